The Labute approximate surface area is 104 Å². The smallest absolute Gasteiger partial charge is 0.253 e. The van der Waals surface area contributed by atoms with Crippen molar-refractivity contribution < 1.29 is 17.9 Å². The van der Waals surface area contributed by atoms with Gasteiger partial charge in [0.25, 0.3) is 10.0 Å². The van der Waals surface area contributed by atoms with E-state index < -0.39 is 21.6 Å². The molecule has 2 aromatic rings. The number of benzene rings is 1. The van der Waals surface area contributed by atoms with Crippen LogP contribution in [0.4, 0.5) is 4.39 Å². The highest BCUT2D eigenvalue weighted by Crippen LogP contribution is 2.25. The Morgan fingerprint density at radius 3 is 2.72 bits per heavy atom. The number of phenolic OH excluding ortho intramolecular Hbond substituents is 1. The van der Waals surface area contributed by atoms with Crippen molar-refractivity contribution in [3.63, 3.8) is 0 Å². The van der Waals surface area contributed by atoms with E-state index in [2.05, 4.69) is 5.10 Å². The monoisotopic (exact) mass is 270 g/mol. The van der Waals surface area contributed by atoms with Gasteiger partial charge < -0.3 is 5.11 Å². The van der Waals surface area contributed by atoms with Gasteiger partial charge in [-0.05, 0) is 24.6 Å². The van der Waals surface area contributed by atoms with E-state index in [9.17, 15) is 17.9 Å². The number of rotatable bonds is 3. The van der Waals surface area contributed by atoms with Crippen LogP contribution in [-0.4, -0.2) is 28.5 Å². The minimum Gasteiger partial charge on any atom is -0.505 e. The zero-order valence-corrected chi connectivity index (χ0v) is 10.4. The molecule has 0 aliphatic rings. The minimum atomic E-state index is -3.43. The number of aromatic nitrogens is 2. The fraction of sp³-hybridized carbons (Fsp3) is 0.182. The largest absolute Gasteiger partial charge is 0.505 e. The van der Waals surface area contributed by atoms with Crippen LogP contribution < -0.4 is 0 Å². The predicted molar refractivity (Wildman–Crippen MR) is 64.1 cm³/mol. The molecule has 0 aliphatic carbocycles. The molecule has 0 saturated carbocycles. The quantitative estimate of drug-likeness (QED) is 0.919. The Kier molecular flexibility index (Phi) is 3.08. The van der Waals surface area contributed by atoms with Gasteiger partial charge in [0.05, 0.1) is 18.1 Å². The second-order valence-electron chi connectivity index (χ2n) is 3.67. The van der Waals surface area contributed by atoms with Crippen LogP contribution in [0.25, 0.3) is 11.1 Å². The summed E-state index contributed by atoms with van der Waals surface area (Å²) in [4.78, 5) is 0. The van der Waals surface area contributed by atoms with Crippen molar-refractivity contribution in [3.05, 3.63) is 36.4 Å². The zero-order chi connectivity index (χ0) is 13.3. The molecule has 96 valence electrons. The fourth-order valence-corrected chi connectivity index (χ4v) is 2.16. The first-order chi connectivity index (χ1) is 8.44. The number of hydrogen-bond donors (Lipinski definition) is 1. The molecule has 0 saturated heterocycles. The fourth-order valence-electron chi connectivity index (χ4n) is 1.43. The van der Waals surface area contributed by atoms with Gasteiger partial charge in [0.1, 0.15) is 0 Å². The Balaban J connectivity index is 2.44. The average Bonchev–Trinajstić information content (AvgIpc) is 2.83. The standard InChI is InChI=1S/C11H11FN2O3S/c1-2-18(16,17)14-7-9(6-13-14)8-3-4-10(12)11(15)5-8/h3-7,15H,2H2,1H3. The second kappa shape index (κ2) is 4.41. The molecule has 0 fully saturated rings. The maximum absolute atomic E-state index is 12.9. The van der Waals surface area contributed by atoms with Crippen LogP contribution >= 0.6 is 0 Å². The van der Waals surface area contributed by atoms with Crippen molar-refractivity contribution in [1.29, 1.82) is 0 Å². The summed E-state index contributed by atoms with van der Waals surface area (Å²) in [6, 6.07) is 3.76. The molecule has 0 spiro atoms. The first-order valence-corrected chi connectivity index (χ1v) is 6.82. The van der Waals surface area contributed by atoms with E-state index in [0.717, 1.165) is 10.2 Å². The Morgan fingerprint density at radius 1 is 1.39 bits per heavy atom. The van der Waals surface area contributed by atoms with Gasteiger partial charge in [-0.3, -0.25) is 0 Å². The topological polar surface area (TPSA) is 72.2 Å². The van der Waals surface area contributed by atoms with Crippen LogP contribution in [0.2, 0.25) is 0 Å². The van der Waals surface area contributed by atoms with Gasteiger partial charge in [-0.25, -0.2) is 12.8 Å². The van der Waals surface area contributed by atoms with E-state index in [1.165, 1.54) is 31.5 Å². The lowest BCUT2D eigenvalue weighted by atomic mass is 10.1. The molecular formula is C11H11FN2O3S. The predicted octanol–water partition coefficient (Wildman–Crippen LogP) is 1.59. The van der Waals surface area contributed by atoms with Crippen molar-refractivity contribution in [3.8, 4) is 16.9 Å². The van der Waals surface area contributed by atoms with Crippen LogP contribution in [0.5, 0.6) is 5.75 Å². The van der Waals surface area contributed by atoms with Gasteiger partial charge in [0.2, 0.25) is 0 Å². The van der Waals surface area contributed by atoms with Crippen molar-refractivity contribution in [2.24, 2.45) is 0 Å². The molecule has 5 nitrogen and oxygen atoms in total. The third-order valence-corrected chi connectivity index (χ3v) is 3.99. The number of aromatic hydroxyl groups is 1. The van der Waals surface area contributed by atoms with Gasteiger partial charge in [-0.1, -0.05) is 6.07 Å². The molecular weight excluding hydrogens is 259 g/mol. The van der Waals surface area contributed by atoms with E-state index >= 15 is 0 Å². The molecule has 1 N–H and O–H groups in total. The van der Waals surface area contributed by atoms with Crippen LogP contribution in [0.1, 0.15) is 6.92 Å². The third kappa shape index (κ3) is 2.21. The lowest BCUT2D eigenvalue weighted by Crippen LogP contribution is -2.14. The molecule has 0 aliphatic heterocycles. The van der Waals surface area contributed by atoms with Crippen LogP contribution in [0.3, 0.4) is 0 Å². The lowest BCUT2D eigenvalue weighted by molar-refractivity contribution is 0.433. The Hall–Kier alpha value is -1.89. The van der Waals surface area contributed by atoms with Gasteiger partial charge in [-0.2, -0.15) is 9.19 Å². The second-order valence-corrected chi connectivity index (χ2v) is 5.78. The lowest BCUT2D eigenvalue weighted by Gasteiger charge is -2.00. The number of hydrogen-bond acceptors (Lipinski definition) is 4. The van der Waals surface area contributed by atoms with Gasteiger partial charge in [0.15, 0.2) is 11.6 Å². The average molecular weight is 270 g/mol. The summed E-state index contributed by atoms with van der Waals surface area (Å²) in [5.74, 6) is -1.28. The summed E-state index contributed by atoms with van der Waals surface area (Å²) in [6.45, 7) is 1.51. The molecule has 0 amide bonds. The first kappa shape index (κ1) is 12.6. The summed E-state index contributed by atoms with van der Waals surface area (Å²) in [5, 5.41) is 13.0. The molecule has 7 heteroatoms. The van der Waals surface area contributed by atoms with Crippen molar-refractivity contribution in [1.82, 2.24) is 9.19 Å². The van der Waals surface area contributed by atoms with E-state index in [-0.39, 0.29) is 5.75 Å². The summed E-state index contributed by atoms with van der Waals surface area (Å²) in [5.41, 5.74) is 0.980. The van der Waals surface area contributed by atoms with Crippen LogP contribution in [0, 0.1) is 5.82 Å². The summed E-state index contributed by atoms with van der Waals surface area (Å²) in [7, 11) is -3.43. The van der Waals surface area contributed by atoms with Crippen molar-refractivity contribution in [2.75, 3.05) is 5.75 Å². The number of halogens is 1. The van der Waals surface area contributed by atoms with Crippen molar-refractivity contribution >= 4 is 10.0 Å². The molecule has 0 bridgehead atoms. The zero-order valence-electron chi connectivity index (χ0n) is 9.54. The summed E-state index contributed by atoms with van der Waals surface area (Å²) >= 11 is 0. The van der Waals surface area contributed by atoms with E-state index in [0.29, 0.717) is 11.1 Å². The maximum Gasteiger partial charge on any atom is 0.253 e. The van der Waals surface area contributed by atoms with E-state index in [4.69, 9.17) is 0 Å². The first-order valence-electron chi connectivity index (χ1n) is 5.21. The molecule has 1 heterocycles. The van der Waals surface area contributed by atoms with Gasteiger partial charge in [-0.15, -0.1) is 0 Å². The number of nitrogens with zero attached hydrogens (tertiary/aromatic N) is 2. The van der Waals surface area contributed by atoms with Gasteiger partial charge >= 0.3 is 0 Å². The molecule has 0 radical (unpaired) electrons. The third-order valence-electron chi connectivity index (χ3n) is 2.49. The minimum absolute atomic E-state index is 0.0667. The normalized spacial score (nSPS) is 11.7. The summed E-state index contributed by atoms with van der Waals surface area (Å²) < 4.78 is 36.9. The molecule has 18 heavy (non-hydrogen) atoms. The molecule has 0 unspecified atom stereocenters. The van der Waals surface area contributed by atoms with Crippen molar-refractivity contribution in [2.45, 2.75) is 6.92 Å². The van der Waals surface area contributed by atoms with E-state index in [1.807, 2.05) is 0 Å². The highest BCUT2D eigenvalue weighted by molar-refractivity contribution is 7.89. The maximum atomic E-state index is 12.9. The van der Waals surface area contributed by atoms with Crippen LogP contribution in [-0.2, 0) is 10.0 Å². The molecule has 2 rings (SSSR count). The Bertz CT molecular complexity index is 679. The van der Waals surface area contributed by atoms with Gasteiger partial charge in [0, 0.05) is 5.56 Å². The van der Waals surface area contributed by atoms with E-state index in [1.54, 1.807) is 0 Å². The highest BCUT2D eigenvalue weighted by Gasteiger charge is 2.13. The molecule has 1 aromatic heterocycles. The number of phenols is 1. The molecule has 0 atom stereocenters. The van der Waals surface area contributed by atoms with Crippen LogP contribution in [0.15, 0.2) is 30.6 Å². The SMILES string of the molecule is CCS(=O)(=O)n1cc(-c2ccc(F)c(O)c2)cn1. The summed E-state index contributed by atoms with van der Waals surface area (Å²) in [6.07, 6.45) is 2.67. The highest BCUT2D eigenvalue weighted by atomic mass is 32.2. The Morgan fingerprint density at radius 2 is 2.11 bits per heavy atom. The molecule has 1 aromatic carbocycles.